The van der Waals surface area contributed by atoms with Crippen LogP contribution in [0.4, 0.5) is 0 Å². The Labute approximate surface area is 63.6 Å². The van der Waals surface area contributed by atoms with Crippen LogP contribution in [-0.4, -0.2) is 19.4 Å². The van der Waals surface area contributed by atoms with E-state index in [0.717, 1.165) is 0 Å². The van der Waals surface area contributed by atoms with Crippen molar-refractivity contribution in [2.45, 2.75) is 31.9 Å². The first-order valence-electron chi connectivity index (χ1n) is 3.55. The van der Waals surface area contributed by atoms with E-state index in [2.05, 4.69) is 6.92 Å². The van der Waals surface area contributed by atoms with Gasteiger partial charge in [-0.05, 0) is 19.8 Å². The summed E-state index contributed by atoms with van der Waals surface area (Å²) in [7, 11) is -2.82. The molecule has 0 rings (SSSR count). The van der Waals surface area contributed by atoms with Crippen LogP contribution in [0.25, 0.3) is 0 Å². The Morgan fingerprint density at radius 1 is 1.50 bits per heavy atom. The molecule has 10 heavy (non-hydrogen) atoms. The zero-order chi connectivity index (χ0) is 8.20. The standard InChI is InChI=1S/C7H15O2S/c1-4-6-10(8,9)7(3)5-2/h7H,1,4-6H2,2-3H3. The van der Waals surface area contributed by atoms with Gasteiger partial charge >= 0.3 is 0 Å². The van der Waals surface area contributed by atoms with Crippen LogP contribution in [-0.2, 0) is 9.84 Å². The van der Waals surface area contributed by atoms with Crippen molar-refractivity contribution in [3.63, 3.8) is 0 Å². The molecule has 1 radical (unpaired) electrons. The fraction of sp³-hybridized carbons (Fsp3) is 0.857. The Balaban J connectivity index is 4.12. The first-order valence-corrected chi connectivity index (χ1v) is 5.27. The zero-order valence-electron chi connectivity index (χ0n) is 6.63. The first-order chi connectivity index (χ1) is 4.54. The molecule has 0 spiro atoms. The van der Waals surface area contributed by atoms with Crippen LogP contribution < -0.4 is 0 Å². The van der Waals surface area contributed by atoms with E-state index in [1.807, 2.05) is 6.92 Å². The lowest BCUT2D eigenvalue weighted by Crippen LogP contribution is -2.19. The van der Waals surface area contributed by atoms with E-state index in [1.54, 1.807) is 6.92 Å². The highest BCUT2D eigenvalue weighted by Crippen LogP contribution is 2.06. The van der Waals surface area contributed by atoms with Crippen LogP contribution in [0.5, 0.6) is 0 Å². The van der Waals surface area contributed by atoms with E-state index in [1.165, 1.54) is 0 Å². The Hall–Kier alpha value is -0.0500. The van der Waals surface area contributed by atoms with Gasteiger partial charge in [0.25, 0.3) is 0 Å². The van der Waals surface area contributed by atoms with Gasteiger partial charge in [0, 0.05) is 0 Å². The minimum Gasteiger partial charge on any atom is -0.229 e. The third-order valence-corrected chi connectivity index (χ3v) is 4.03. The highest BCUT2D eigenvalue weighted by molar-refractivity contribution is 7.91. The van der Waals surface area contributed by atoms with Crippen molar-refractivity contribution in [1.29, 1.82) is 0 Å². The largest absolute Gasteiger partial charge is 0.229 e. The highest BCUT2D eigenvalue weighted by Gasteiger charge is 2.16. The summed E-state index contributed by atoms with van der Waals surface area (Å²) in [5.41, 5.74) is 0. The second-order valence-electron chi connectivity index (χ2n) is 2.44. The van der Waals surface area contributed by atoms with Gasteiger partial charge < -0.3 is 0 Å². The molecule has 0 amide bonds. The van der Waals surface area contributed by atoms with Gasteiger partial charge in [0.2, 0.25) is 0 Å². The second-order valence-corrected chi connectivity index (χ2v) is 4.98. The van der Waals surface area contributed by atoms with E-state index in [0.29, 0.717) is 12.8 Å². The van der Waals surface area contributed by atoms with Crippen LogP contribution >= 0.6 is 0 Å². The van der Waals surface area contributed by atoms with Gasteiger partial charge in [-0.15, -0.1) is 0 Å². The topological polar surface area (TPSA) is 34.1 Å². The van der Waals surface area contributed by atoms with Crippen LogP contribution in [0.1, 0.15) is 26.7 Å². The highest BCUT2D eigenvalue weighted by atomic mass is 32.2. The Morgan fingerprint density at radius 2 is 2.00 bits per heavy atom. The van der Waals surface area contributed by atoms with Crippen LogP contribution in [0.3, 0.4) is 0 Å². The molecule has 0 aliphatic heterocycles. The minimum absolute atomic E-state index is 0.200. The van der Waals surface area contributed by atoms with Crippen molar-refractivity contribution < 1.29 is 8.42 Å². The molecule has 0 aliphatic rings. The van der Waals surface area contributed by atoms with Gasteiger partial charge in [-0.3, -0.25) is 0 Å². The Bertz CT molecular complexity index is 170. The van der Waals surface area contributed by atoms with Gasteiger partial charge in [-0.1, -0.05) is 13.8 Å². The zero-order valence-corrected chi connectivity index (χ0v) is 7.45. The van der Waals surface area contributed by atoms with Crippen molar-refractivity contribution in [3.8, 4) is 0 Å². The lowest BCUT2D eigenvalue weighted by atomic mass is 10.4. The molecular formula is C7H15O2S. The van der Waals surface area contributed by atoms with Crippen molar-refractivity contribution in [2.75, 3.05) is 5.75 Å². The van der Waals surface area contributed by atoms with E-state index < -0.39 is 9.84 Å². The Kier molecular flexibility index (Phi) is 3.94. The predicted octanol–water partition coefficient (Wildman–Crippen LogP) is 1.42. The lowest BCUT2D eigenvalue weighted by Gasteiger charge is -2.07. The van der Waals surface area contributed by atoms with Gasteiger partial charge in [-0.2, -0.15) is 0 Å². The molecule has 1 atom stereocenters. The van der Waals surface area contributed by atoms with Crippen molar-refractivity contribution in [2.24, 2.45) is 0 Å². The van der Waals surface area contributed by atoms with E-state index in [-0.39, 0.29) is 11.0 Å². The fourth-order valence-electron chi connectivity index (χ4n) is 0.656. The second kappa shape index (κ2) is 3.96. The molecule has 0 fully saturated rings. The first kappa shape index (κ1) is 9.95. The number of rotatable bonds is 4. The predicted molar refractivity (Wildman–Crippen MR) is 43.5 cm³/mol. The maximum absolute atomic E-state index is 11.1. The summed E-state index contributed by atoms with van der Waals surface area (Å²) in [6.07, 6.45) is 1.18. The molecule has 0 bridgehead atoms. The molecule has 3 heteroatoms. The van der Waals surface area contributed by atoms with E-state index >= 15 is 0 Å². The molecule has 2 nitrogen and oxygen atoms in total. The van der Waals surface area contributed by atoms with Gasteiger partial charge in [-0.25, -0.2) is 8.42 Å². The van der Waals surface area contributed by atoms with E-state index in [9.17, 15) is 8.42 Å². The average Bonchev–Trinajstić information content (AvgIpc) is 1.86. The molecule has 0 aromatic heterocycles. The molecule has 0 saturated carbocycles. The Morgan fingerprint density at radius 3 is 2.30 bits per heavy atom. The number of hydrogen-bond acceptors (Lipinski definition) is 2. The number of hydrogen-bond donors (Lipinski definition) is 0. The molecule has 0 aliphatic carbocycles. The maximum Gasteiger partial charge on any atom is 0.152 e. The minimum atomic E-state index is -2.82. The summed E-state index contributed by atoms with van der Waals surface area (Å²) in [6.45, 7) is 7.13. The third-order valence-electron chi connectivity index (χ3n) is 1.62. The smallest absolute Gasteiger partial charge is 0.152 e. The van der Waals surface area contributed by atoms with Crippen molar-refractivity contribution in [3.05, 3.63) is 6.92 Å². The molecule has 0 saturated heterocycles. The van der Waals surface area contributed by atoms with Crippen LogP contribution in [0, 0.1) is 6.92 Å². The monoisotopic (exact) mass is 163 g/mol. The quantitative estimate of drug-likeness (QED) is 0.628. The van der Waals surface area contributed by atoms with E-state index in [4.69, 9.17) is 0 Å². The molecule has 0 aromatic rings. The molecule has 0 aromatic carbocycles. The molecule has 0 N–H and O–H groups in total. The molecule has 61 valence electrons. The third kappa shape index (κ3) is 2.69. The summed E-state index contributed by atoms with van der Waals surface area (Å²) in [6, 6.07) is 0. The van der Waals surface area contributed by atoms with Crippen LogP contribution in [0.15, 0.2) is 0 Å². The van der Waals surface area contributed by atoms with Gasteiger partial charge in [0.1, 0.15) is 0 Å². The normalized spacial score (nSPS) is 15.1. The number of sulfone groups is 1. The molecule has 0 heterocycles. The summed E-state index contributed by atoms with van der Waals surface area (Å²) in [5.74, 6) is 0.224. The van der Waals surface area contributed by atoms with Crippen LogP contribution in [0.2, 0.25) is 0 Å². The van der Waals surface area contributed by atoms with Gasteiger partial charge in [0.15, 0.2) is 9.84 Å². The SMILES string of the molecule is [CH2]CCS(=O)(=O)C(C)CC. The summed E-state index contributed by atoms with van der Waals surface area (Å²) < 4.78 is 22.2. The summed E-state index contributed by atoms with van der Waals surface area (Å²) in [5, 5.41) is -0.200. The van der Waals surface area contributed by atoms with Crippen molar-refractivity contribution >= 4 is 9.84 Å². The molecule has 1 unspecified atom stereocenters. The lowest BCUT2D eigenvalue weighted by molar-refractivity contribution is 0.580. The van der Waals surface area contributed by atoms with Gasteiger partial charge in [0.05, 0.1) is 11.0 Å². The summed E-state index contributed by atoms with van der Waals surface area (Å²) >= 11 is 0. The molecular weight excluding hydrogens is 148 g/mol. The maximum atomic E-state index is 11.1. The average molecular weight is 163 g/mol. The summed E-state index contributed by atoms with van der Waals surface area (Å²) in [4.78, 5) is 0. The van der Waals surface area contributed by atoms with Crippen molar-refractivity contribution in [1.82, 2.24) is 0 Å². The fourth-order valence-corrected chi connectivity index (χ4v) is 1.97.